The van der Waals surface area contributed by atoms with E-state index in [0.29, 0.717) is 24.3 Å². The predicted octanol–water partition coefficient (Wildman–Crippen LogP) is 3.66. The van der Waals surface area contributed by atoms with Crippen LogP contribution in [0.1, 0.15) is 17.5 Å². The lowest BCUT2D eigenvalue weighted by Crippen LogP contribution is -2.08. The van der Waals surface area contributed by atoms with Gasteiger partial charge in [0.25, 0.3) is 5.69 Å². The minimum absolute atomic E-state index is 0.115. The maximum atomic E-state index is 10.9. The van der Waals surface area contributed by atoms with Crippen LogP contribution in [0.4, 0.5) is 11.4 Å². The Morgan fingerprint density at radius 3 is 2.65 bits per heavy atom. The Morgan fingerprint density at radius 1 is 1.26 bits per heavy atom. The smallest absolute Gasteiger partial charge is 0.274 e. The first-order valence-corrected chi connectivity index (χ1v) is 7.22. The van der Waals surface area contributed by atoms with E-state index in [9.17, 15) is 10.1 Å². The molecule has 0 saturated heterocycles. The molecule has 0 radical (unpaired) electrons. The van der Waals surface area contributed by atoms with E-state index >= 15 is 0 Å². The molecule has 0 saturated carbocycles. The molecule has 6 nitrogen and oxygen atoms in total. The Hall–Kier alpha value is -3.07. The number of anilines is 1. The van der Waals surface area contributed by atoms with Gasteiger partial charge in [-0.15, -0.1) is 0 Å². The quantitative estimate of drug-likeness (QED) is 0.479. The van der Waals surface area contributed by atoms with Crippen molar-refractivity contribution in [1.82, 2.24) is 0 Å². The highest BCUT2D eigenvalue weighted by Crippen LogP contribution is 2.24. The van der Waals surface area contributed by atoms with Crippen molar-refractivity contribution in [3.8, 4) is 11.8 Å². The van der Waals surface area contributed by atoms with E-state index in [0.717, 1.165) is 17.9 Å². The normalized spacial score (nSPS) is 9.91. The van der Waals surface area contributed by atoms with E-state index < -0.39 is 0 Å². The first-order valence-electron chi connectivity index (χ1n) is 7.22. The highest BCUT2D eigenvalue weighted by Gasteiger charge is 2.12. The minimum Gasteiger partial charge on any atom is -0.494 e. The van der Waals surface area contributed by atoms with Crippen molar-refractivity contribution in [2.45, 2.75) is 13.3 Å². The van der Waals surface area contributed by atoms with Crippen LogP contribution in [0.15, 0.2) is 42.5 Å². The van der Waals surface area contributed by atoms with Crippen molar-refractivity contribution in [3.63, 3.8) is 0 Å². The summed E-state index contributed by atoms with van der Waals surface area (Å²) in [6.07, 6.45) is 0.752. The van der Waals surface area contributed by atoms with Gasteiger partial charge in [0.05, 0.1) is 23.2 Å². The molecule has 0 aliphatic carbocycles. The molecule has 0 aliphatic rings. The SMILES string of the molecule is Cc1c(NCCCOc2ccc(C#N)cc2)cccc1[N+](=O)[O-]. The fourth-order valence-electron chi connectivity index (χ4n) is 2.12. The number of hydrogen-bond acceptors (Lipinski definition) is 5. The number of nitrogens with zero attached hydrogens (tertiary/aromatic N) is 2. The van der Waals surface area contributed by atoms with Gasteiger partial charge in [0.2, 0.25) is 0 Å². The third kappa shape index (κ3) is 4.45. The number of nitro groups is 1. The van der Waals surface area contributed by atoms with Crippen molar-refractivity contribution in [3.05, 3.63) is 63.7 Å². The van der Waals surface area contributed by atoms with Crippen LogP contribution in [0.3, 0.4) is 0 Å². The Labute approximate surface area is 134 Å². The van der Waals surface area contributed by atoms with Crippen molar-refractivity contribution in [2.75, 3.05) is 18.5 Å². The number of nitrogens with one attached hydrogen (secondary N) is 1. The van der Waals surface area contributed by atoms with Crippen molar-refractivity contribution in [1.29, 1.82) is 5.26 Å². The monoisotopic (exact) mass is 311 g/mol. The molecule has 6 heteroatoms. The first kappa shape index (κ1) is 16.3. The van der Waals surface area contributed by atoms with Gasteiger partial charge in [0.1, 0.15) is 5.75 Å². The summed E-state index contributed by atoms with van der Waals surface area (Å²) < 4.78 is 5.58. The first-order chi connectivity index (χ1) is 11.1. The molecule has 2 aromatic rings. The number of nitro benzene ring substituents is 1. The standard InChI is InChI=1S/C17H17N3O3/c1-13-16(4-2-5-17(13)20(21)22)19-10-3-11-23-15-8-6-14(12-18)7-9-15/h2,4-9,19H,3,10-11H2,1H3. The summed E-state index contributed by atoms with van der Waals surface area (Å²) in [5, 5.41) is 22.8. The maximum absolute atomic E-state index is 10.9. The predicted molar refractivity (Wildman–Crippen MR) is 87.6 cm³/mol. The van der Waals surface area contributed by atoms with Crippen molar-refractivity contribution in [2.24, 2.45) is 0 Å². The Morgan fingerprint density at radius 2 is 2.00 bits per heavy atom. The van der Waals surface area contributed by atoms with Crippen molar-refractivity contribution >= 4 is 11.4 Å². The Bertz CT molecular complexity index is 721. The molecule has 2 aromatic carbocycles. The third-order valence-corrected chi connectivity index (χ3v) is 3.39. The topological polar surface area (TPSA) is 88.2 Å². The molecular weight excluding hydrogens is 294 g/mol. The second-order valence-corrected chi connectivity index (χ2v) is 4.97. The summed E-state index contributed by atoms with van der Waals surface area (Å²) in [6, 6.07) is 14.0. The van der Waals surface area contributed by atoms with Gasteiger partial charge in [-0.05, 0) is 43.7 Å². The molecule has 0 aliphatic heterocycles. The molecule has 0 unspecified atom stereocenters. The summed E-state index contributed by atoms with van der Waals surface area (Å²) in [4.78, 5) is 10.5. The fraction of sp³-hybridized carbons (Fsp3) is 0.235. The average Bonchev–Trinajstić information content (AvgIpc) is 2.56. The summed E-state index contributed by atoms with van der Waals surface area (Å²) in [7, 11) is 0. The van der Waals surface area contributed by atoms with Crippen LogP contribution in [-0.2, 0) is 0 Å². The van der Waals surface area contributed by atoms with Gasteiger partial charge in [-0.3, -0.25) is 10.1 Å². The zero-order valence-electron chi connectivity index (χ0n) is 12.8. The van der Waals surface area contributed by atoms with E-state index in [2.05, 4.69) is 11.4 Å². The highest BCUT2D eigenvalue weighted by molar-refractivity contribution is 5.59. The number of rotatable bonds is 7. The van der Waals surface area contributed by atoms with Gasteiger partial charge in [-0.25, -0.2) is 0 Å². The van der Waals surface area contributed by atoms with Crippen LogP contribution in [0, 0.1) is 28.4 Å². The maximum Gasteiger partial charge on any atom is 0.274 e. The van der Waals surface area contributed by atoms with Crippen molar-refractivity contribution < 1.29 is 9.66 Å². The third-order valence-electron chi connectivity index (χ3n) is 3.39. The molecular formula is C17H17N3O3. The number of ether oxygens (including phenoxy) is 1. The molecule has 118 valence electrons. The highest BCUT2D eigenvalue weighted by atomic mass is 16.6. The van der Waals surface area contributed by atoms with Gasteiger partial charge in [0.15, 0.2) is 0 Å². The summed E-state index contributed by atoms with van der Waals surface area (Å²) in [6.45, 7) is 2.90. The van der Waals surface area contributed by atoms with Gasteiger partial charge >= 0.3 is 0 Å². The summed E-state index contributed by atoms with van der Waals surface area (Å²) in [5.41, 5.74) is 2.10. The largest absolute Gasteiger partial charge is 0.494 e. The number of hydrogen-bond donors (Lipinski definition) is 1. The van der Waals surface area contributed by atoms with Crippen LogP contribution in [0.25, 0.3) is 0 Å². The molecule has 0 spiro atoms. The van der Waals surface area contributed by atoms with E-state index in [-0.39, 0.29) is 10.6 Å². The molecule has 2 rings (SSSR count). The molecule has 23 heavy (non-hydrogen) atoms. The molecule has 1 N–H and O–H groups in total. The summed E-state index contributed by atoms with van der Waals surface area (Å²) >= 11 is 0. The summed E-state index contributed by atoms with van der Waals surface area (Å²) in [5.74, 6) is 0.718. The van der Waals surface area contributed by atoms with Gasteiger partial charge in [-0.2, -0.15) is 5.26 Å². The lowest BCUT2D eigenvalue weighted by Gasteiger charge is -2.10. The lowest BCUT2D eigenvalue weighted by molar-refractivity contribution is -0.385. The lowest BCUT2D eigenvalue weighted by atomic mass is 10.1. The Balaban J connectivity index is 1.78. The van der Waals surface area contributed by atoms with Crippen LogP contribution in [-0.4, -0.2) is 18.1 Å². The molecule has 0 amide bonds. The second kappa shape index (κ2) is 7.80. The zero-order chi connectivity index (χ0) is 16.7. The molecule has 0 aromatic heterocycles. The zero-order valence-corrected chi connectivity index (χ0v) is 12.8. The van der Waals surface area contributed by atoms with E-state index in [1.807, 2.05) is 6.07 Å². The molecule has 0 fully saturated rings. The van der Waals surface area contributed by atoms with Crippen LogP contribution in [0.2, 0.25) is 0 Å². The number of benzene rings is 2. The Kier molecular flexibility index (Phi) is 5.53. The van der Waals surface area contributed by atoms with Gasteiger partial charge in [0, 0.05) is 23.9 Å². The number of nitriles is 1. The minimum atomic E-state index is -0.380. The molecule has 0 bridgehead atoms. The molecule has 0 atom stereocenters. The van der Waals surface area contributed by atoms with E-state index in [1.165, 1.54) is 6.07 Å². The molecule has 0 heterocycles. The van der Waals surface area contributed by atoms with Gasteiger partial charge < -0.3 is 10.1 Å². The van der Waals surface area contributed by atoms with Crippen LogP contribution >= 0.6 is 0 Å². The average molecular weight is 311 g/mol. The fourth-order valence-corrected chi connectivity index (χ4v) is 2.12. The second-order valence-electron chi connectivity index (χ2n) is 4.97. The van der Waals surface area contributed by atoms with Crippen LogP contribution in [0.5, 0.6) is 5.75 Å². The van der Waals surface area contributed by atoms with Gasteiger partial charge in [-0.1, -0.05) is 6.07 Å². The van der Waals surface area contributed by atoms with Crippen LogP contribution < -0.4 is 10.1 Å². The van der Waals surface area contributed by atoms with E-state index in [4.69, 9.17) is 10.00 Å². The van der Waals surface area contributed by atoms with E-state index in [1.54, 1.807) is 37.3 Å².